The molecule has 128 valence electrons. The Kier molecular flexibility index (Phi) is 5.14. The highest BCUT2D eigenvalue weighted by molar-refractivity contribution is 7.13. The van der Waals surface area contributed by atoms with Gasteiger partial charge in [-0.25, -0.2) is 4.98 Å². The molecule has 1 amide bonds. The molecule has 0 aliphatic rings. The zero-order valence-corrected chi connectivity index (χ0v) is 15.3. The van der Waals surface area contributed by atoms with E-state index in [0.29, 0.717) is 5.69 Å². The molecule has 0 bridgehead atoms. The maximum atomic E-state index is 12.8. The fraction of sp³-hybridized carbons (Fsp3) is 0.200. The molecule has 25 heavy (non-hydrogen) atoms. The summed E-state index contributed by atoms with van der Waals surface area (Å²) in [6.07, 6.45) is 0. The van der Waals surface area contributed by atoms with E-state index in [2.05, 4.69) is 4.98 Å². The van der Waals surface area contributed by atoms with E-state index in [1.54, 1.807) is 19.1 Å². The number of methoxy groups -OCH3 is 1. The monoisotopic (exact) mass is 352 g/mol. The van der Waals surface area contributed by atoms with Gasteiger partial charge in [-0.3, -0.25) is 4.79 Å². The fourth-order valence-electron chi connectivity index (χ4n) is 2.55. The van der Waals surface area contributed by atoms with Crippen molar-refractivity contribution in [2.24, 2.45) is 0 Å². The second kappa shape index (κ2) is 7.49. The minimum absolute atomic E-state index is 0.0553. The molecular formula is C20H20N2O2S. The number of benzene rings is 2. The number of hydrogen-bond acceptors (Lipinski definition) is 4. The van der Waals surface area contributed by atoms with Gasteiger partial charge in [-0.15, -0.1) is 11.3 Å². The number of aromatic nitrogens is 1. The molecule has 0 saturated carbocycles. The van der Waals surface area contributed by atoms with E-state index in [1.165, 1.54) is 11.3 Å². The zero-order valence-electron chi connectivity index (χ0n) is 14.5. The number of nitrogens with zero attached hydrogens (tertiary/aromatic N) is 2. The smallest absolute Gasteiger partial charge is 0.273 e. The van der Waals surface area contributed by atoms with Crippen LogP contribution in [-0.4, -0.2) is 29.9 Å². The van der Waals surface area contributed by atoms with Crippen LogP contribution in [0.5, 0.6) is 5.75 Å². The zero-order chi connectivity index (χ0) is 17.8. The van der Waals surface area contributed by atoms with Crippen LogP contribution in [0.1, 0.15) is 29.0 Å². The third-order valence-electron chi connectivity index (χ3n) is 4.24. The summed E-state index contributed by atoms with van der Waals surface area (Å²) >= 11 is 1.49. The van der Waals surface area contributed by atoms with Gasteiger partial charge in [0.2, 0.25) is 0 Å². The van der Waals surface area contributed by atoms with Crippen molar-refractivity contribution in [3.8, 4) is 16.3 Å². The number of ether oxygens (including phenoxy) is 1. The first-order chi connectivity index (χ1) is 12.1. The normalized spacial score (nSPS) is 11.8. The van der Waals surface area contributed by atoms with Crippen LogP contribution in [0, 0.1) is 0 Å². The van der Waals surface area contributed by atoms with Crippen LogP contribution in [0.15, 0.2) is 60.0 Å². The summed E-state index contributed by atoms with van der Waals surface area (Å²) in [6, 6.07) is 17.6. The van der Waals surface area contributed by atoms with Gasteiger partial charge in [-0.05, 0) is 24.6 Å². The Hall–Kier alpha value is -2.66. The highest BCUT2D eigenvalue weighted by Gasteiger charge is 2.21. The third kappa shape index (κ3) is 3.72. The van der Waals surface area contributed by atoms with E-state index in [1.807, 2.05) is 66.9 Å². The molecule has 0 saturated heterocycles. The Balaban J connectivity index is 1.76. The maximum Gasteiger partial charge on any atom is 0.273 e. The topological polar surface area (TPSA) is 42.4 Å². The largest absolute Gasteiger partial charge is 0.497 e. The average molecular weight is 352 g/mol. The number of thiazole rings is 1. The summed E-state index contributed by atoms with van der Waals surface area (Å²) in [5.74, 6) is 0.721. The van der Waals surface area contributed by atoms with E-state index in [9.17, 15) is 4.79 Å². The van der Waals surface area contributed by atoms with Gasteiger partial charge < -0.3 is 9.64 Å². The summed E-state index contributed by atoms with van der Waals surface area (Å²) in [5, 5.41) is 2.68. The molecule has 0 spiro atoms. The van der Waals surface area contributed by atoms with E-state index in [-0.39, 0.29) is 11.9 Å². The highest BCUT2D eigenvalue weighted by atomic mass is 32.1. The molecular weight excluding hydrogens is 332 g/mol. The third-order valence-corrected chi connectivity index (χ3v) is 5.13. The van der Waals surface area contributed by atoms with Gasteiger partial charge in [0.1, 0.15) is 16.5 Å². The van der Waals surface area contributed by atoms with Crippen molar-refractivity contribution in [2.75, 3.05) is 14.2 Å². The van der Waals surface area contributed by atoms with Crippen molar-refractivity contribution in [1.29, 1.82) is 0 Å². The molecule has 5 heteroatoms. The molecule has 1 unspecified atom stereocenters. The minimum atomic E-state index is -0.0817. The first-order valence-corrected chi connectivity index (χ1v) is 8.90. The maximum absolute atomic E-state index is 12.8. The number of amides is 1. The first kappa shape index (κ1) is 17.2. The summed E-state index contributed by atoms with van der Waals surface area (Å²) in [6.45, 7) is 2.00. The molecule has 3 aromatic rings. The van der Waals surface area contributed by atoms with Gasteiger partial charge in [0.05, 0.1) is 13.2 Å². The minimum Gasteiger partial charge on any atom is -0.497 e. The van der Waals surface area contributed by atoms with Crippen molar-refractivity contribution in [3.63, 3.8) is 0 Å². The summed E-state index contributed by atoms with van der Waals surface area (Å²) in [5.41, 5.74) is 2.55. The molecule has 2 aromatic carbocycles. The Bertz CT molecular complexity index is 844. The lowest BCUT2D eigenvalue weighted by molar-refractivity contribution is 0.0737. The van der Waals surface area contributed by atoms with Gasteiger partial charge in [-0.1, -0.05) is 42.5 Å². The quantitative estimate of drug-likeness (QED) is 0.671. The van der Waals surface area contributed by atoms with E-state index in [4.69, 9.17) is 4.74 Å². The molecule has 1 atom stereocenters. The molecule has 0 aliphatic carbocycles. The van der Waals surface area contributed by atoms with Crippen molar-refractivity contribution < 1.29 is 9.53 Å². The van der Waals surface area contributed by atoms with Gasteiger partial charge in [-0.2, -0.15) is 0 Å². The Morgan fingerprint density at radius 1 is 1.12 bits per heavy atom. The average Bonchev–Trinajstić information content (AvgIpc) is 3.17. The van der Waals surface area contributed by atoms with Crippen molar-refractivity contribution in [2.45, 2.75) is 13.0 Å². The van der Waals surface area contributed by atoms with E-state index in [0.717, 1.165) is 21.9 Å². The van der Waals surface area contributed by atoms with Crippen LogP contribution in [0.25, 0.3) is 10.6 Å². The fourth-order valence-corrected chi connectivity index (χ4v) is 3.35. The summed E-state index contributed by atoms with van der Waals surface area (Å²) in [4.78, 5) is 19.0. The van der Waals surface area contributed by atoms with Crippen LogP contribution >= 0.6 is 11.3 Å². The van der Waals surface area contributed by atoms with Gasteiger partial charge in [0.15, 0.2) is 0 Å². The van der Waals surface area contributed by atoms with Crippen molar-refractivity contribution in [1.82, 2.24) is 9.88 Å². The van der Waals surface area contributed by atoms with E-state index >= 15 is 0 Å². The molecule has 1 heterocycles. The molecule has 0 fully saturated rings. The van der Waals surface area contributed by atoms with Crippen LogP contribution in [0.2, 0.25) is 0 Å². The number of rotatable bonds is 5. The van der Waals surface area contributed by atoms with Crippen LogP contribution < -0.4 is 4.74 Å². The van der Waals surface area contributed by atoms with Crippen LogP contribution in [0.4, 0.5) is 0 Å². The predicted molar refractivity (Wildman–Crippen MR) is 101 cm³/mol. The Morgan fingerprint density at radius 3 is 2.44 bits per heavy atom. The van der Waals surface area contributed by atoms with Crippen molar-refractivity contribution >= 4 is 17.2 Å². The number of hydrogen-bond donors (Lipinski definition) is 0. The lowest BCUT2D eigenvalue weighted by Gasteiger charge is -2.24. The standard InChI is InChI=1S/C20H20N2O2S/c1-14(15-9-11-17(24-3)12-10-15)22(2)20(23)18-13-25-19(21-18)16-7-5-4-6-8-16/h4-14H,1-3H3. The molecule has 0 aliphatic heterocycles. The van der Waals surface area contributed by atoms with Crippen LogP contribution in [-0.2, 0) is 0 Å². The van der Waals surface area contributed by atoms with Crippen molar-refractivity contribution in [3.05, 3.63) is 71.2 Å². The molecule has 0 N–H and O–H groups in total. The number of carbonyl (C=O) groups is 1. The molecule has 0 radical (unpaired) electrons. The Labute approximate surface area is 151 Å². The van der Waals surface area contributed by atoms with Crippen LogP contribution in [0.3, 0.4) is 0 Å². The lowest BCUT2D eigenvalue weighted by atomic mass is 10.1. The van der Waals surface area contributed by atoms with Gasteiger partial charge >= 0.3 is 0 Å². The first-order valence-electron chi connectivity index (χ1n) is 8.02. The summed E-state index contributed by atoms with van der Waals surface area (Å²) < 4.78 is 5.18. The highest BCUT2D eigenvalue weighted by Crippen LogP contribution is 2.26. The lowest BCUT2D eigenvalue weighted by Crippen LogP contribution is -2.29. The molecule has 1 aromatic heterocycles. The summed E-state index contributed by atoms with van der Waals surface area (Å²) in [7, 11) is 3.44. The van der Waals surface area contributed by atoms with Gasteiger partial charge in [0.25, 0.3) is 5.91 Å². The second-order valence-corrected chi connectivity index (χ2v) is 6.63. The second-order valence-electron chi connectivity index (χ2n) is 5.77. The van der Waals surface area contributed by atoms with Gasteiger partial charge in [0, 0.05) is 18.0 Å². The molecule has 3 rings (SSSR count). The number of carbonyl (C=O) groups excluding carboxylic acids is 1. The van der Waals surface area contributed by atoms with E-state index < -0.39 is 0 Å². The Morgan fingerprint density at radius 2 is 1.80 bits per heavy atom. The molecule has 4 nitrogen and oxygen atoms in total. The SMILES string of the molecule is COc1ccc(C(C)N(C)C(=O)c2csc(-c3ccccc3)n2)cc1. The predicted octanol–water partition coefficient (Wildman–Crippen LogP) is 4.65.